The highest BCUT2D eigenvalue weighted by molar-refractivity contribution is 6.35. The Morgan fingerprint density at radius 1 is 1.33 bits per heavy atom. The van der Waals surface area contributed by atoms with E-state index in [1.165, 1.54) is 12.8 Å². The summed E-state index contributed by atoms with van der Waals surface area (Å²) in [5.74, 6) is -0.190. The number of nitrogens with zero attached hydrogens (tertiary/aromatic N) is 1. The lowest BCUT2D eigenvalue weighted by Gasteiger charge is -2.21. The summed E-state index contributed by atoms with van der Waals surface area (Å²) in [4.78, 5) is 12.8. The Labute approximate surface area is 116 Å². The molecule has 1 fully saturated rings. The van der Waals surface area contributed by atoms with Gasteiger partial charge in [0.1, 0.15) is 0 Å². The fourth-order valence-electron chi connectivity index (χ4n) is 1.95. The van der Waals surface area contributed by atoms with E-state index < -0.39 is 5.97 Å². The molecule has 0 saturated heterocycles. The van der Waals surface area contributed by atoms with Crippen LogP contribution < -0.4 is 0 Å². The van der Waals surface area contributed by atoms with Crippen molar-refractivity contribution in [1.82, 2.24) is 4.90 Å². The van der Waals surface area contributed by atoms with Crippen molar-refractivity contribution >= 4 is 29.2 Å². The van der Waals surface area contributed by atoms with Gasteiger partial charge in [-0.15, -0.1) is 0 Å². The molecule has 0 spiro atoms. The molecule has 0 heterocycles. The van der Waals surface area contributed by atoms with E-state index in [1.807, 2.05) is 4.90 Å². The van der Waals surface area contributed by atoms with Crippen LogP contribution in [0.25, 0.3) is 0 Å². The van der Waals surface area contributed by atoms with Gasteiger partial charge < -0.3 is 5.11 Å². The molecule has 0 aliphatic heterocycles. The Morgan fingerprint density at radius 3 is 2.44 bits per heavy atom. The van der Waals surface area contributed by atoms with E-state index >= 15 is 0 Å². The van der Waals surface area contributed by atoms with Gasteiger partial charge in [-0.3, -0.25) is 9.69 Å². The fourth-order valence-corrected chi connectivity index (χ4v) is 2.47. The standard InChI is InChI=1S/C13H15Cl2NO2/c14-11-2-1-3-12(15)10(11)7-16(8-13(17)18)6-9-4-5-9/h1-3,9H,4-8H2,(H,17,18). The summed E-state index contributed by atoms with van der Waals surface area (Å²) in [6.07, 6.45) is 2.37. The Balaban J connectivity index is 2.08. The largest absolute Gasteiger partial charge is 0.480 e. The van der Waals surface area contributed by atoms with Gasteiger partial charge in [-0.25, -0.2) is 0 Å². The van der Waals surface area contributed by atoms with Crippen LogP contribution in [0.4, 0.5) is 0 Å². The number of aliphatic carboxylic acids is 1. The van der Waals surface area contributed by atoms with E-state index in [0.29, 0.717) is 22.5 Å². The lowest BCUT2D eigenvalue weighted by Crippen LogP contribution is -2.31. The normalized spacial score (nSPS) is 15.1. The molecular formula is C13H15Cl2NO2. The quantitative estimate of drug-likeness (QED) is 0.873. The summed E-state index contributed by atoms with van der Waals surface area (Å²) in [5.41, 5.74) is 0.808. The highest BCUT2D eigenvalue weighted by Crippen LogP contribution is 2.31. The molecule has 18 heavy (non-hydrogen) atoms. The average Bonchev–Trinajstić information content (AvgIpc) is 3.06. The van der Waals surface area contributed by atoms with Crippen molar-refractivity contribution in [3.8, 4) is 0 Å². The molecule has 0 bridgehead atoms. The van der Waals surface area contributed by atoms with Gasteiger partial charge in [-0.2, -0.15) is 0 Å². The Hall–Kier alpha value is -0.770. The van der Waals surface area contributed by atoms with Crippen LogP contribution in [0, 0.1) is 5.92 Å². The lowest BCUT2D eigenvalue weighted by atomic mass is 10.2. The highest BCUT2D eigenvalue weighted by Gasteiger charge is 2.26. The summed E-state index contributed by atoms with van der Waals surface area (Å²) in [5, 5.41) is 10.1. The van der Waals surface area contributed by atoms with Crippen molar-refractivity contribution in [1.29, 1.82) is 0 Å². The molecule has 1 aromatic carbocycles. The van der Waals surface area contributed by atoms with Gasteiger partial charge in [0.2, 0.25) is 0 Å². The van der Waals surface area contributed by atoms with E-state index in [0.717, 1.165) is 12.1 Å². The second-order valence-electron chi connectivity index (χ2n) is 4.71. The molecule has 0 amide bonds. The molecule has 2 rings (SSSR count). The van der Waals surface area contributed by atoms with Gasteiger partial charge in [0.15, 0.2) is 0 Å². The van der Waals surface area contributed by atoms with Gasteiger partial charge in [0, 0.05) is 28.7 Å². The van der Waals surface area contributed by atoms with Crippen molar-refractivity contribution in [3.63, 3.8) is 0 Å². The first-order valence-electron chi connectivity index (χ1n) is 5.93. The second-order valence-corrected chi connectivity index (χ2v) is 5.52. The minimum atomic E-state index is -0.821. The number of carboxylic acid groups (broad SMARTS) is 1. The van der Waals surface area contributed by atoms with Crippen molar-refractivity contribution in [3.05, 3.63) is 33.8 Å². The SMILES string of the molecule is O=C(O)CN(Cc1c(Cl)cccc1Cl)CC1CC1. The maximum absolute atomic E-state index is 10.9. The number of carbonyl (C=O) groups is 1. The van der Waals surface area contributed by atoms with Gasteiger partial charge in [0.25, 0.3) is 0 Å². The fraction of sp³-hybridized carbons (Fsp3) is 0.462. The number of hydrogen-bond donors (Lipinski definition) is 1. The lowest BCUT2D eigenvalue weighted by molar-refractivity contribution is -0.138. The summed E-state index contributed by atoms with van der Waals surface area (Å²) < 4.78 is 0. The third-order valence-corrected chi connectivity index (χ3v) is 3.72. The van der Waals surface area contributed by atoms with Crippen LogP contribution in [0.2, 0.25) is 10.0 Å². The second kappa shape index (κ2) is 5.91. The van der Waals surface area contributed by atoms with Crippen molar-refractivity contribution in [2.24, 2.45) is 5.92 Å². The topological polar surface area (TPSA) is 40.5 Å². The van der Waals surface area contributed by atoms with Crippen LogP contribution in [0.15, 0.2) is 18.2 Å². The van der Waals surface area contributed by atoms with Crippen LogP contribution in [-0.4, -0.2) is 29.1 Å². The predicted octanol–water partition coefficient (Wildman–Crippen LogP) is 3.29. The molecule has 1 aromatic rings. The molecule has 98 valence electrons. The molecule has 3 nitrogen and oxygen atoms in total. The molecule has 1 saturated carbocycles. The monoisotopic (exact) mass is 287 g/mol. The average molecular weight is 288 g/mol. The molecule has 1 aliphatic carbocycles. The molecule has 0 aromatic heterocycles. The Bertz CT molecular complexity index is 426. The van der Waals surface area contributed by atoms with E-state index in [-0.39, 0.29) is 6.54 Å². The van der Waals surface area contributed by atoms with Crippen LogP contribution >= 0.6 is 23.2 Å². The zero-order valence-corrected chi connectivity index (χ0v) is 11.4. The van der Waals surface area contributed by atoms with Crippen LogP contribution in [-0.2, 0) is 11.3 Å². The van der Waals surface area contributed by atoms with E-state index in [4.69, 9.17) is 28.3 Å². The maximum Gasteiger partial charge on any atom is 0.317 e. The number of halogens is 2. The first kappa shape index (κ1) is 13.7. The summed E-state index contributed by atoms with van der Waals surface area (Å²) in [6, 6.07) is 5.34. The first-order valence-corrected chi connectivity index (χ1v) is 6.69. The van der Waals surface area contributed by atoms with Crippen LogP contribution in [0.1, 0.15) is 18.4 Å². The molecule has 1 aliphatic rings. The van der Waals surface area contributed by atoms with Gasteiger partial charge in [-0.05, 0) is 30.9 Å². The van der Waals surface area contributed by atoms with E-state index in [2.05, 4.69) is 0 Å². The number of benzene rings is 1. The third-order valence-electron chi connectivity index (χ3n) is 3.02. The molecule has 1 N–H and O–H groups in total. The predicted molar refractivity (Wildman–Crippen MR) is 72.1 cm³/mol. The van der Waals surface area contributed by atoms with Gasteiger partial charge in [-0.1, -0.05) is 29.3 Å². The zero-order valence-electron chi connectivity index (χ0n) is 9.90. The summed E-state index contributed by atoms with van der Waals surface area (Å²) in [6.45, 7) is 1.31. The number of carboxylic acids is 1. The number of rotatable bonds is 6. The molecule has 0 unspecified atom stereocenters. The third kappa shape index (κ3) is 3.87. The smallest absolute Gasteiger partial charge is 0.317 e. The summed E-state index contributed by atoms with van der Waals surface area (Å²) >= 11 is 12.2. The molecule has 0 atom stereocenters. The van der Waals surface area contributed by atoms with Gasteiger partial charge in [0.05, 0.1) is 6.54 Å². The molecule has 0 radical (unpaired) electrons. The first-order chi connectivity index (χ1) is 8.56. The Kier molecular flexibility index (Phi) is 4.49. The van der Waals surface area contributed by atoms with Crippen molar-refractivity contribution in [2.45, 2.75) is 19.4 Å². The van der Waals surface area contributed by atoms with E-state index in [9.17, 15) is 4.79 Å². The molecular weight excluding hydrogens is 273 g/mol. The minimum absolute atomic E-state index is 0.0258. The number of hydrogen-bond acceptors (Lipinski definition) is 2. The van der Waals surface area contributed by atoms with Crippen molar-refractivity contribution in [2.75, 3.05) is 13.1 Å². The van der Waals surface area contributed by atoms with Crippen molar-refractivity contribution < 1.29 is 9.90 Å². The minimum Gasteiger partial charge on any atom is -0.480 e. The van der Waals surface area contributed by atoms with E-state index in [1.54, 1.807) is 18.2 Å². The maximum atomic E-state index is 10.9. The Morgan fingerprint density at radius 2 is 1.94 bits per heavy atom. The van der Waals surface area contributed by atoms with Gasteiger partial charge >= 0.3 is 5.97 Å². The summed E-state index contributed by atoms with van der Waals surface area (Å²) in [7, 11) is 0. The zero-order chi connectivity index (χ0) is 13.1. The van der Waals surface area contributed by atoms with Crippen LogP contribution in [0.3, 0.4) is 0 Å². The highest BCUT2D eigenvalue weighted by atomic mass is 35.5. The van der Waals surface area contributed by atoms with Crippen LogP contribution in [0.5, 0.6) is 0 Å². The molecule has 5 heteroatoms.